The second-order valence-corrected chi connectivity index (χ2v) is 5.38. The van der Waals surface area contributed by atoms with Crippen LogP contribution in [0, 0.1) is 0 Å². The summed E-state index contributed by atoms with van der Waals surface area (Å²) in [5.41, 5.74) is -0.800. The van der Waals surface area contributed by atoms with Gasteiger partial charge in [0.05, 0.1) is 5.75 Å². The van der Waals surface area contributed by atoms with Gasteiger partial charge in [-0.15, -0.1) is 0 Å². The molecule has 0 aliphatic heterocycles. The Morgan fingerprint density at radius 3 is 2.85 bits per heavy atom. The van der Waals surface area contributed by atoms with Gasteiger partial charge in [-0.05, 0) is 13.8 Å². The molecule has 0 unspecified atom stereocenters. The molecule has 0 atom stereocenters. The molecule has 0 fully saturated rings. The van der Waals surface area contributed by atoms with Gasteiger partial charge in [-0.25, -0.2) is 0 Å². The average Bonchev–Trinajstić information content (AvgIpc) is 2.40. The highest BCUT2D eigenvalue weighted by atomic mass is 32.2. The molecule has 0 spiro atoms. The van der Waals surface area contributed by atoms with Gasteiger partial charge < -0.3 is 14.1 Å². The molecule has 20 heavy (non-hydrogen) atoms. The topological polar surface area (TPSA) is 85.3 Å². The molecule has 1 N–H and O–H groups in total. The summed E-state index contributed by atoms with van der Waals surface area (Å²) in [6, 6.07) is 2.80. The molecule has 2 heterocycles. The molecule has 2 aromatic heterocycles. The van der Waals surface area contributed by atoms with E-state index in [2.05, 4.69) is 4.98 Å². The number of rotatable bonds is 4. The lowest BCUT2D eigenvalue weighted by atomic mass is 10.4. The first kappa shape index (κ1) is 14.4. The minimum absolute atomic E-state index is 0.164. The van der Waals surface area contributed by atoms with Crippen LogP contribution in [-0.2, 0) is 5.75 Å². The van der Waals surface area contributed by atoms with Gasteiger partial charge in [0.2, 0.25) is 5.43 Å². The Kier molecular flexibility index (Phi) is 4.29. The van der Waals surface area contributed by atoms with E-state index in [0.29, 0.717) is 16.7 Å². The van der Waals surface area contributed by atoms with Crippen LogP contribution >= 0.6 is 11.8 Å². The average molecular weight is 294 g/mol. The monoisotopic (exact) mass is 294 g/mol. The first-order valence-electron chi connectivity index (χ1n) is 6.00. The second-order valence-electron chi connectivity index (χ2n) is 4.43. The zero-order valence-corrected chi connectivity index (χ0v) is 11.9. The van der Waals surface area contributed by atoms with Crippen molar-refractivity contribution in [1.82, 2.24) is 9.55 Å². The molecular formula is C13H14N2O4S. The summed E-state index contributed by atoms with van der Waals surface area (Å²) in [6.45, 7) is 3.97. The van der Waals surface area contributed by atoms with Crippen molar-refractivity contribution in [1.29, 1.82) is 0 Å². The second kappa shape index (κ2) is 5.96. The van der Waals surface area contributed by atoms with Crippen molar-refractivity contribution < 1.29 is 9.52 Å². The summed E-state index contributed by atoms with van der Waals surface area (Å²) in [6.07, 6.45) is 2.70. The summed E-state index contributed by atoms with van der Waals surface area (Å²) in [7, 11) is 0. The van der Waals surface area contributed by atoms with Crippen LogP contribution in [0.25, 0.3) is 0 Å². The Balaban J connectivity index is 2.22. The molecule has 2 aromatic rings. The van der Waals surface area contributed by atoms with E-state index in [9.17, 15) is 9.59 Å². The Bertz CT molecular complexity index is 721. The normalized spacial score (nSPS) is 10.9. The fraction of sp³-hybridized carbons (Fsp3) is 0.308. The van der Waals surface area contributed by atoms with Gasteiger partial charge in [0.1, 0.15) is 12.0 Å². The van der Waals surface area contributed by atoms with Crippen molar-refractivity contribution in [2.24, 2.45) is 0 Å². The van der Waals surface area contributed by atoms with Gasteiger partial charge in [0.25, 0.3) is 5.56 Å². The summed E-state index contributed by atoms with van der Waals surface area (Å²) in [4.78, 5) is 26.6. The predicted molar refractivity (Wildman–Crippen MR) is 75.1 cm³/mol. The Morgan fingerprint density at radius 2 is 2.20 bits per heavy atom. The lowest BCUT2D eigenvalue weighted by Gasteiger charge is -2.14. The molecule has 0 amide bonds. The van der Waals surface area contributed by atoms with Gasteiger partial charge in [0.15, 0.2) is 10.9 Å². The highest BCUT2D eigenvalue weighted by Crippen LogP contribution is 2.22. The van der Waals surface area contributed by atoms with Crippen LogP contribution in [0.5, 0.6) is 5.75 Å². The number of hydrogen-bond acceptors (Lipinski definition) is 6. The SMILES string of the molecule is CC(C)n1ccc(=O)nc1SCc1cc(=O)c(O)co1. The molecule has 106 valence electrons. The van der Waals surface area contributed by atoms with Crippen LogP contribution in [-0.4, -0.2) is 14.7 Å². The molecule has 0 saturated heterocycles. The van der Waals surface area contributed by atoms with E-state index in [-0.39, 0.29) is 11.6 Å². The van der Waals surface area contributed by atoms with Crippen molar-refractivity contribution in [3.05, 3.63) is 50.9 Å². The van der Waals surface area contributed by atoms with Crippen molar-refractivity contribution >= 4 is 11.8 Å². The van der Waals surface area contributed by atoms with Gasteiger partial charge in [-0.1, -0.05) is 11.8 Å². The zero-order valence-electron chi connectivity index (χ0n) is 11.1. The number of aromatic nitrogens is 2. The van der Waals surface area contributed by atoms with Gasteiger partial charge in [-0.3, -0.25) is 9.59 Å². The van der Waals surface area contributed by atoms with Gasteiger partial charge in [0, 0.05) is 24.4 Å². The van der Waals surface area contributed by atoms with E-state index in [4.69, 9.17) is 9.52 Å². The molecule has 0 radical (unpaired) electrons. The maximum Gasteiger partial charge on any atom is 0.273 e. The van der Waals surface area contributed by atoms with E-state index in [0.717, 1.165) is 6.26 Å². The van der Waals surface area contributed by atoms with E-state index in [1.807, 2.05) is 18.4 Å². The van der Waals surface area contributed by atoms with Crippen LogP contribution < -0.4 is 11.0 Å². The number of thioether (sulfide) groups is 1. The summed E-state index contributed by atoms with van der Waals surface area (Å²) >= 11 is 1.29. The van der Waals surface area contributed by atoms with Crippen LogP contribution in [0.3, 0.4) is 0 Å². The van der Waals surface area contributed by atoms with Crippen molar-refractivity contribution in [3.63, 3.8) is 0 Å². The standard InChI is InChI=1S/C13H14N2O4S/c1-8(2)15-4-3-12(18)14-13(15)20-7-9-5-10(16)11(17)6-19-9/h3-6,8,17H,7H2,1-2H3. The highest BCUT2D eigenvalue weighted by Gasteiger charge is 2.09. The van der Waals surface area contributed by atoms with E-state index in [1.165, 1.54) is 23.9 Å². The lowest BCUT2D eigenvalue weighted by molar-refractivity contribution is 0.419. The number of aromatic hydroxyl groups is 1. The molecule has 0 aliphatic rings. The Labute approximate surface area is 119 Å². The summed E-state index contributed by atoms with van der Waals surface area (Å²) < 4.78 is 6.97. The number of hydrogen-bond donors (Lipinski definition) is 1. The van der Waals surface area contributed by atoms with Crippen LogP contribution in [0.15, 0.2) is 43.8 Å². The fourth-order valence-electron chi connectivity index (χ4n) is 1.55. The molecule has 0 saturated carbocycles. The molecule has 7 heteroatoms. The predicted octanol–water partition coefficient (Wildman–Crippen LogP) is 1.78. The smallest absolute Gasteiger partial charge is 0.273 e. The largest absolute Gasteiger partial charge is 0.502 e. The molecular weight excluding hydrogens is 280 g/mol. The minimum Gasteiger partial charge on any atom is -0.502 e. The molecule has 0 bridgehead atoms. The lowest BCUT2D eigenvalue weighted by Crippen LogP contribution is -2.14. The molecule has 6 nitrogen and oxygen atoms in total. The van der Waals surface area contributed by atoms with Crippen LogP contribution in [0.1, 0.15) is 25.6 Å². The molecule has 2 rings (SSSR count). The third-order valence-corrected chi connectivity index (χ3v) is 3.56. The summed E-state index contributed by atoms with van der Waals surface area (Å²) in [5, 5.41) is 9.67. The maximum absolute atomic E-state index is 11.3. The quantitative estimate of drug-likeness (QED) is 0.683. The molecule has 0 aliphatic carbocycles. The highest BCUT2D eigenvalue weighted by molar-refractivity contribution is 7.98. The Morgan fingerprint density at radius 1 is 1.45 bits per heavy atom. The third-order valence-electron chi connectivity index (χ3n) is 2.57. The van der Waals surface area contributed by atoms with Gasteiger partial charge >= 0.3 is 0 Å². The van der Waals surface area contributed by atoms with Crippen LogP contribution in [0.4, 0.5) is 0 Å². The minimum atomic E-state index is -0.492. The maximum atomic E-state index is 11.3. The number of nitrogens with zero attached hydrogens (tertiary/aromatic N) is 2. The molecule has 0 aromatic carbocycles. The van der Waals surface area contributed by atoms with Crippen LogP contribution in [0.2, 0.25) is 0 Å². The van der Waals surface area contributed by atoms with E-state index >= 15 is 0 Å². The first-order chi connectivity index (χ1) is 9.47. The van der Waals surface area contributed by atoms with E-state index in [1.54, 1.807) is 6.20 Å². The van der Waals surface area contributed by atoms with E-state index < -0.39 is 11.2 Å². The third kappa shape index (κ3) is 3.30. The Hall–Kier alpha value is -2.02. The first-order valence-corrected chi connectivity index (χ1v) is 6.98. The zero-order chi connectivity index (χ0) is 14.7. The van der Waals surface area contributed by atoms with Crippen molar-refractivity contribution in [2.75, 3.05) is 0 Å². The summed E-state index contributed by atoms with van der Waals surface area (Å²) in [5.74, 6) is 0.334. The fourth-order valence-corrected chi connectivity index (χ4v) is 2.55. The van der Waals surface area contributed by atoms with Crippen molar-refractivity contribution in [2.45, 2.75) is 30.8 Å². The van der Waals surface area contributed by atoms with Gasteiger partial charge in [-0.2, -0.15) is 4.98 Å². The van der Waals surface area contributed by atoms with Crippen molar-refractivity contribution in [3.8, 4) is 5.75 Å².